The van der Waals surface area contributed by atoms with E-state index in [-0.39, 0.29) is 18.5 Å². The van der Waals surface area contributed by atoms with Crippen LogP contribution in [0.1, 0.15) is 58.4 Å². The third-order valence-corrected chi connectivity index (χ3v) is 5.24. The van der Waals surface area contributed by atoms with Gasteiger partial charge in [-0.2, -0.15) is 0 Å². The van der Waals surface area contributed by atoms with Crippen LogP contribution in [0.2, 0.25) is 0 Å². The van der Waals surface area contributed by atoms with Gasteiger partial charge in [0.15, 0.2) is 0 Å². The standard InChI is InChI=1S/C21H31N3O4/c1-5-7-8-9-15(3)22-18(25)14-24-19(26)21(6-2,23-20(24)27)16-10-12-17(28-4)13-11-16/h10-13,15H,5-9,14H2,1-4H3,(H,22,25)(H,23,27)/t15-,21+/m1/s1. The molecule has 1 fully saturated rings. The van der Waals surface area contributed by atoms with E-state index in [1.54, 1.807) is 31.4 Å². The number of carbonyl (C=O) groups excluding carboxylic acids is 3. The third-order valence-electron chi connectivity index (χ3n) is 5.24. The SMILES string of the molecule is CCCCC[C@@H](C)NC(=O)CN1C(=O)N[C@@](CC)(c2ccc(OC)cc2)C1=O. The van der Waals surface area contributed by atoms with Crippen molar-refractivity contribution in [3.8, 4) is 5.75 Å². The van der Waals surface area contributed by atoms with Gasteiger partial charge in [0.05, 0.1) is 7.11 Å². The van der Waals surface area contributed by atoms with Gasteiger partial charge in [0.2, 0.25) is 5.91 Å². The van der Waals surface area contributed by atoms with Crippen LogP contribution in [0.25, 0.3) is 0 Å². The molecular formula is C21H31N3O4. The number of urea groups is 1. The molecule has 154 valence electrons. The first kappa shape index (κ1) is 21.7. The number of carbonyl (C=O) groups is 3. The average Bonchev–Trinajstić information content (AvgIpc) is 2.93. The van der Waals surface area contributed by atoms with Crippen LogP contribution in [0.15, 0.2) is 24.3 Å². The number of nitrogens with zero attached hydrogens (tertiary/aromatic N) is 1. The number of amides is 4. The number of hydrogen-bond acceptors (Lipinski definition) is 4. The predicted octanol–water partition coefficient (Wildman–Crippen LogP) is 2.94. The lowest BCUT2D eigenvalue weighted by Gasteiger charge is -2.26. The van der Waals surface area contributed by atoms with E-state index in [9.17, 15) is 14.4 Å². The average molecular weight is 389 g/mol. The molecule has 0 unspecified atom stereocenters. The van der Waals surface area contributed by atoms with Gasteiger partial charge in [-0.1, -0.05) is 45.2 Å². The summed E-state index contributed by atoms with van der Waals surface area (Å²) >= 11 is 0. The monoisotopic (exact) mass is 389 g/mol. The molecule has 2 N–H and O–H groups in total. The Balaban J connectivity index is 2.07. The summed E-state index contributed by atoms with van der Waals surface area (Å²) in [5.41, 5.74) is -0.485. The first-order valence-electron chi connectivity index (χ1n) is 9.96. The number of benzene rings is 1. The number of nitrogens with one attached hydrogen (secondary N) is 2. The Hall–Kier alpha value is -2.57. The Morgan fingerprint density at radius 1 is 1.21 bits per heavy atom. The van der Waals surface area contributed by atoms with Crippen LogP contribution in [0, 0.1) is 0 Å². The fraction of sp³-hybridized carbons (Fsp3) is 0.571. The summed E-state index contributed by atoms with van der Waals surface area (Å²) in [7, 11) is 1.57. The van der Waals surface area contributed by atoms with Crippen molar-refractivity contribution in [2.45, 2.75) is 64.5 Å². The Bertz CT molecular complexity index is 704. The van der Waals surface area contributed by atoms with E-state index in [0.717, 1.165) is 30.6 Å². The van der Waals surface area contributed by atoms with Crippen molar-refractivity contribution in [1.82, 2.24) is 15.5 Å². The van der Waals surface area contributed by atoms with Crippen molar-refractivity contribution in [2.75, 3.05) is 13.7 Å². The van der Waals surface area contributed by atoms with E-state index in [2.05, 4.69) is 17.6 Å². The van der Waals surface area contributed by atoms with Crippen LogP contribution in [0.3, 0.4) is 0 Å². The normalized spacial score (nSPS) is 20.1. The molecule has 7 heteroatoms. The smallest absolute Gasteiger partial charge is 0.325 e. The summed E-state index contributed by atoms with van der Waals surface area (Å²) in [6.45, 7) is 5.62. The van der Waals surface area contributed by atoms with Gasteiger partial charge in [-0.15, -0.1) is 0 Å². The molecule has 2 rings (SSSR count). The molecule has 0 bridgehead atoms. The van der Waals surface area contributed by atoms with E-state index >= 15 is 0 Å². The quantitative estimate of drug-likeness (QED) is 0.476. The van der Waals surface area contributed by atoms with E-state index < -0.39 is 17.5 Å². The Morgan fingerprint density at radius 3 is 2.46 bits per heavy atom. The topological polar surface area (TPSA) is 87.7 Å². The zero-order chi connectivity index (χ0) is 20.7. The lowest BCUT2D eigenvalue weighted by Crippen LogP contribution is -2.45. The first-order chi connectivity index (χ1) is 13.4. The van der Waals surface area contributed by atoms with Gasteiger partial charge in [0.1, 0.15) is 17.8 Å². The molecule has 0 spiro atoms. The maximum Gasteiger partial charge on any atom is 0.325 e. The van der Waals surface area contributed by atoms with E-state index in [0.29, 0.717) is 17.7 Å². The summed E-state index contributed by atoms with van der Waals surface area (Å²) in [6.07, 6.45) is 4.54. The van der Waals surface area contributed by atoms with Crippen LogP contribution in [-0.4, -0.2) is 42.4 Å². The second-order valence-corrected chi connectivity index (χ2v) is 7.27. The van der Waals surface area contributed by atoms with Gasteiger partial charge in [-0.05, 0) is 37.5 Å². The Labute approximate surface area is 166 Å². The molecule has 4 amide bonds. The zero-order valence-corrected chi connectivity index (χ0v) is 17.2. The maximum atomic E-state index is 13.1. The number of rotatable bonds is 10. The summed E-state index contributed by atoms with van der Waals surface area (Å²) in [5.74, 6) is -0.0619. The van der Waals surface area contributed by atoms with E-state index in [4.69, 9.17) is 4.74 Å². The van der Waals surface area contributed by atoms with Crippen molar-refractivity contribution in [3.05, 3.63) is 29.8 Å². The minimum atomic E-state index is -1.16. The molecular weight excluding hydrogens is 358 g/mol. The third kappa shape index (κ3) is 4.64. The lowest BCUT2D eigenvalue weighted by atomic mass is 9.87. The van der Waals surface area contributed by atoms with Crippen molar-refractivity contribution in [2.24, 2.45) is 0 Å². The van der Waals surface area contributed by atoms with Gasteiger partial charge in [0, 0.05) is 6.04 Å². The van der Waals surface area contributed by atoms with Crippen LogP contribution in [-0.2, 0) is 15.1 Å². The highest BCUT2D eigenvalue weighted by Crippen LogP contribution is 2.33. The molecule has 0 saturated carbocycles. The van der Waals surface area contributed by atoms with Gasteiger partial charge < -0.3 is 15.4 Å². The number of unbranched alkanes of at least 4 members (excludes halogenated alkanes) is 2. The minimum absolute atomic E-state index is 0.0114. The molecule has 0 aromatic heterocycles. The first-order valence-corrected chi connectivity index (χ1v) is 9.96. The number of methoxy groups -OCH3 is 1. The second-order valence-electron chi connectivity index (χ2n) is 7.27. The van der Waals surface area contributed by atoms with Crippen LogP contribution < -0.4 is 15.4 Å². The highest BCUT2D eigenvalue weighted by Gasteiger charge is 2.51. The molecule has 2 atom stereocenters. The van der Waals surface area contributed by atoms with Crippen molar-refractivity contribution >= 4 is 17.8 Å². The number of ether oxygens (including phenoxy) is 1. The molecule has 28 heavy (non-hydrogen) atoms. The second kappa shape index (κ2) is 9.57. The minimum Gasteiger partial charge on any atom is -0.497 e. The van der Waals surface area contributed by atoms with Gasteiger partial charge in [0.25, 0.3) is 5.91 Å². The van der Waals surface area contributed by atoms with Gasteiger partial charge in [-0.25, -0.2) is 4.79 Å². The molecule has 1 aromatic carbocycles. The largest absolute Gasteiger partial charge is 0.497 e. The summed E-state index contributed by atoms with van der Waals surface area (Å²) in [6, 6.07) is 6.49. The predicted molar refractivity (Wildman–Crippen MR) is 107 cm³/mol. The van der Waals surface area contributed by atoms with Crippen molar-refractivity contribution < 1.29 is 19.1 Å². The van der Waals surface area contributed by atoms with Crippen molar-refractivity contribution in [3.63, 3.8) is 0 Å². The maximum absolute atomic E-state index is 13.1. The Morgan fingerprint density at radius 2 is 1.89 bits per heavy atom. The summed E-state index contributed by atoms with van der Waals surface area (Å²) < 4.78 is 5.16. The molecule has 1 aliphatic heterocycles. The van der Waals surface area contributed by atoms with Gasteiger partial charge in [-0.3, -0.25) is 14.5 Å². The summed E-state index contributed by atoms with van der Waals surface area (Å²) in [5, 5.41) is 5.67. The molecule has 7 nitrogen and oxygen atoms in total. The fourth-order valence-electron chi connectivity index (χ4n) is 3.52. The van der Waals surface area contributed by atoms with Crippen LogP contribution in [0.4, 0.5) is 4.79 Å². The number of imide groups is 1. The van der Waals surface area contributed by atoms with Crippen LogP contribution >= 0.6 is 0 Å². The highest BCUT2D eigenvalue weighted by atomic mass is 16.5. The Kier molecular flexibility index (Phi) is 7.43. The highest BCUT2D eigenvalue weighted by molar-refractivity contribution is 6.09. The van der Waals surface area contributed by atoms with Gasteiger partial charge >= 0.3 is 6.03 Å². The fourth-order valence-corrected chi connectivity index (χ4v) is 3.52. The molecule has 1 heterocycles. The number of hydrogen-bond donors (Lipinski definition) is 2. The molecule has 1 aliphatic rings. The van der Waals surface area contributed by atoms with E-state index in [1.807, 2.05) is 13.8 Å². The molecule has 0 aliphatic carbocycles. The zero-order valence-electron chi connectivity index (χ0n) is 17.2. The van der Waals surface area contributed by atoms with Crippen LogP contribution in [0.5, 0.6) is 5.75 Å². The molecule has 1 saturated heterocycles. The summed E-state index contributed by atoms with van der Waals surface area (Å²) in [4.78, 5) is 38.9. The lowest BCUT2D eigenvalue weighted by molar-refractivity contribution is -0.135. The molecule has 1 aromatic rings. The molecule has 0 radical (unpaired) electrons. The van der Waals surface area contributed by atoms with E-state index in [1.165, 1.54) is 0 Å². The van der Waals surface area contributed by atoms with Crippen molar-refractivity contribution in [1.29, 1.82) is 0 Å².